The molecule has 3 saturated carbocycles. The number of hydrogen-bond donors (Lipinski definition) is 0. The lowest BCUT2D eigenvalue weighted by molar-refractivity contribution is -0.0798. The molecule has 3 aliphatic carbocycles. The van der Waals surface area contributed by atoms with Crippen LogP contribution < -0.4 is 0 Å². The molecule has 1 heteroatoms. The minimum Gasteiger partial charge on any atom is -0.375 e. The highest BCUT2D eigenvalue weighted by Crippen LogP contribution is 2.48. The highest BCUT2D eigenvalue weighted by molar-refractivity contribution is 4.90. The molecule has 0 saturated heterocycles. The zero-order valence-electron chi connectivity index (χ0n) is 17.7. The van der Waals surface area contributed by atoms with E-state index in [-0.39, 0.29) is 0 Å². The van der Waals surface area contributed by atoms with Crippen LogP contribution in [0.4, 0.5) is 0 Å². The summed E-state index contributed by atoms with van der Waals surface area (Å²) in [4.78, 5) is 0. The molecule has 3 fully saturated rings. The van der Waals surface area contributed by atoms with Crippen molar-refractivity contribution in [2.75, 3.05) is 0 Å². The van der Waals surface area contributed by atoms with Gasteiger partial charge in [0.25, 0.3) is 0 Å². The maximum absolute atomic E-state index is 6.21. The van der Waals surface area contributed by atoms with Gasteiger partial charge in [-0.2, -0.15) is 0 Å². The Morgan fingerprint density at radius 3 is 1.68 bits per heavy atom. The van der Waals surface area contributed by atoms with Crippen LogP contribution >= 0.6 is 0 Å². The van der Waals surface area contributed by atoms with Crippen LogP contribution in [-0.4, -0.2) is 12.2 Å². The molecular weight excluding hydrogens is 304 g/mol. The Bertz CT molecular complexity index is 387. The summed E-state index contributed by atoms with van der Waals surface area (Å²) in [6.07, 6.45) is 15.8. The Balaban J connectivity index is 1.48. The van der Waals surface area contributed by atoms with E-state index in [1.165, 1.54) is 64.2 Å². The van der Waals surface area contributed by atoms with E-state index in [4.69, 9.17) is 4.74 Å². The van der Waals surface area contributed by atoms with Crippen LogP contribution in [0.1, 0.15) is 98.8 Å². The normalized spacial score (nSPS) is 46.3. The lowest BCUT2D eigenvalue weighted by Gasteiger charge is -2.46. The van der Waals surface area contributed by atoms with Crippen molar-refractivity contribution in [2.24, 2.45) is 41.4 Å². The van der Waals surface area contributed by atoms with Crippen LogP contribution in [0.25, 0.3) is 0 Å². The Morgan fingerprint density at radius 2 is 1.12 bits per heavy atom. The predicted molar refractivity (Wildman–Crippen MR) is 108 cm³/mol. The fraction of sp³-hybridized carbons (Fsp3) is 1.00. The molecule has 0 N–H and O–H groups in total. The van der Waals surface area contributed by atoms with E-state index >= 15 is 0 Å². The van der Waals surface area contributed by atoms with E-state index in [2.05, 4.69) is 34.6 Å². The van der Waals surface area contributed by atoms with Gasteiger partial charge in [-0.05, 0) is 107 Å². The summed E-state index contributed by atoms with van der Waals surface area (Å²) >= 11 is 0. The molecule has 0 aromatic rings. The molecule has 4 atom stereocenters. The molecule has 25 heavy (non-hydrogen) atoms. The van der Waals surface area contributed by atoms with Crippen molar-refractivity contribution >= 4 is 0 Å². The van der Waals surface area contributed by atoms with Crippen molar-refractivity contribution in [3.05, 3.63) is 0 Å². The third-order valence-electron chi connectivity index (χ3n) is 8.47. The van der Waals surface area contributed by atoms with E-state index in [0.29, 0.717) is 12.2 Å². The fourth-order valence-electron chi connectivity index (χ4n) is 6.62. The van der Waals surface area contributed by atoms with Gasteiger partial charge in [0.1, 0.15) is 0 Å². The van der Waals surface area contributed by atoms with E-state index in [0.717, 1.165) is 41.4 Å². The number of rotatable bonds is 4. The van der Waals surface area contributed by atoms with Gasteiger partial charge >= 0.3 is 0 Å². The van der Waals surface area contributed by atoms with Gasteiger partial charge in [-0.25, -0.2) is 0 Å². The third-order valence-corrected chi connectivity index (χ3v) is 8.47. The second kappa shape index (κ2) is 8.77. The number of ether oxygens (including phenoxy) is 1. The van der Waals surface area contributed by atoms with Crippen molar-refractivity contribution in [2.45, 2.75) is 111 Å². The third kappa shape index (κ3) is 4.82. The topological polar surface area (TPSA) is 9.23 Å². The van der Waals surface area contributed by atoms with Gasteiger partial charge in [-0.3, -0.25) is 0 Å². The minimum atomic E-state index is 0.379. The second-order valence-corrected chi connectivity index (χ2v) is 10.4. The second-order valence-electron chi connectivity index (χ2n) is 10.4. The number of hydrogen-bond acceptors (Lipinski definition) is 1. The van der Waals surface area contributed by atoms with Gasteiger partial charge in [0.05, 0.1) is 12.2 Å². The van der Waals surface area contributed by atoms with Crippen LogP contribution in [-0.2, 0) is 4.74 Å². The Kier molecular flexibility index (Phi) is 6.91. The summed E-state index contributed by atoms with van der Waals surface area (Å²) in [7, 11) is 0. The monoisotopic (exact) mass is 348 g/mol. The molecule has 0 amide bonds. The van der Waals surface area contributed by atoms with Gasteiger partial charge in [0, 0.05) is 0 Å². The molecular formula is C24H44O. The molecule has 0 aromatic carbocycles. The zero-order valence-corrected chi connectivity index (χ0v) is 17.7. The Hall–Kier alpha value is -0.0400. The lowest BCUT2D eigenvalue weighted by Crippen LogP contribution is -2.41. The van der Waals surface area contributed by atoms with Crippen LogP contribution in [0, 0.1) is 41.4 Å². The first-order chi connectivity index (χ1) is 12.0. The molecule has 1 nitrogen and oxygen atoms in total. The van der Waals surface area contributed by atoms with Gasteiger partial charge in [0.15, 0.2) is 0 Å². The van der Waals surface area contributed by atoms with Crippen molar-refractivity contribution < 1.29 is 4.74 Å². The van der Waals surface area contributed by atoms with Crippen molar-refractivity contribution in [3.8, 4) is 0 Å². The first kappa shape index (κ1) is 19.7. The molecule has 0 bridgehead atoms. The van der Waals surface area contributed by atoms with Gasteiger partial charge in [0.2, 0.25) is 0 Å². The van der Waals surface area contributed by atoms with Crippen molar-refractivity contribution in [1.82, 2.24) is 0 Å². The SMILES string of the molecule is CC1CCC(C2CCC(C3CCC(OC(C)C)C(C)C3C)CC2)CC1. The van der Waals surface area contributed by atoms with Crippen molar-refractivity contribution in [1.29, 1.82) is 0 Å². The molecule has 0 radical (unpaired) electrons. The predicted octanol–water partition coefficient (Wildman–Crippen LogP) is 7.09. The van der Waals surface area contributed by atoms with Gasteiger partial charge in [-0.15, -0.1) is 0 Å². The van der Waals surface area contributed by atoms with E-state index in [1.807, 2.05) is 0 Å². The molecule has 3 aliphatic rings. The molecule has 146 valence electrons. The van der Waals surface area contributed by atoms with Gasteiger partial charge < -0.3 is 4.74 Å². The summed E-state index contributed by atoms with van der Waals surface area (Å²) in [5.41, 5.74) is 0. The molecule has 0 spiro atoms. The molecule has 0 aliphatic heterocycles. The minimum absolute atomic E-state index is 0.379. The smallest absolute Gasteiger partial charge is 0.0606 e. The molecule has 0 aromatic heterocycles. The summed E-state index contributed by atoms with van der Waals surface area (Å²) in [6.45, 7) is 11.8. The first-order valence-corrected chi connectivity index (χ1v) is 11.6. The van der Waals surface area contributed by atoms with Crippen LogP contribution in [0.2, 0.25) is 0 Å². The average molecular weight is 349 g/mol. The fourth-order valence-corrected chi connectivity index (χ4v) is 6.62. The highest BCUT2D eigenvalue weighted by atomic mass is 16.5. The van der Waals surface area contributed by atoms with E-state index in [1.54, 1.807) is 0 Å². The quantitative estimate of drug-likeness (QED) is 0.526. The molecule has 4 unspecified atom stereocenters. The Morgan fingerprint density at radius 1 is 0.600 bits per heavy atom. The lowest BCUT2D eigenvalue weighted by atomic mass is 9.61. The first-order valence-electron chi connectivity index (χ1n) is 11.6. The average Bonchev–Trinajstić information content (AvgIpc) is 2.60. The summed E-state index contributed by atoms with van der Waals surface area (Å²) < 4.78 is 6.21. The van der Waals surface area contributed by atoms with Gasteiger partial charge in [-0.1, -0.05) is 33.6 Å². The highest BCUT2D eigenvalue weighted by Gasteiger charge is 2.40. The zero-order chi connectivity index (χ0) is 18.0. The van der Waals surface area contributed by atoms with Crippen LogP contribution in [0.15, 0.2) is 0 Å². The van der Waals surface area contributed by atoms with Crippen LogP contribution in [0.3, 0.4) is 0 Å². The summed E-state index contributed by atoms with van der Waals surface area (Å²) in [5.74, 6) is 6.69. The standard InChI is InChI=1S/C24H44O/c1-16(2)25-24-15-14-23(18(4)19(24)5)22-12-10-21(11-13-22)20-8-6-17(3)7-9-20/h16-24H,6-15H2,1-5H3. The summed E-state index contributed by atoms with van der Waals surface area (Å²) in [6, 6.07) is 0. The van der Waals surface area contributed by atoms with Crippen LogP contribution in [0.5, 0.6) is 0 Å². The largest absolute Gasteiger partial charge is 0.375 e. The summed E-state index contributed by atoms with van der Waals surface area (Å²) in [5, 5.41) is 0. The maximum atomic E-state index is 6.21. The van der Waals surface area contributed by atoms with E-state index < -0.39 is 0 Å². The van der Waals surface area contributed by atoms with Crippen molar-refractivity contribution in [3.63, 3.8) is 0 Å². The molecule has 3 rings (SSSR count). The Labute approximate surface area is 157 Å². The van der Waals surface area contributed by atoms with E-state index in [9.17, 15) is 0 Å². The molecule has 0 heterocycles. The maximum Gasteiger partial charge on any atom is 0.0606 e.